The van der Waals surface area contributed by atoms with Crippen LogP contribution in [0, 0.1) is 6.92 Å². The Hall–Kier alpha value is -0.960. The summed E-state index contributed by atoms with van der Waals surface area (Å²) in [5.74, 6) is 0. The van der Waals surface area contributed by atoms with Crippen molar-refractivity contribution in [3.05, 3.63) is 11.4 Å². The van der Waals surface area contributed by atoms with Crippen LogP contribution < -0.4 is 10.5 Å². The number of hydrogen-bond donors (Lipinski definition) is 3. The van der Waals surface area contributed by atoms with Crippen molar-refractivity contribution < 1.29 is 8.42 Å². The fraction of sp³-hybridized carbons (Fsp3) is 0.769. The van der Waals surface area contributed by atoms with Crippen LogP contribution in [-0.2, 0) is 16.6 Å². The fourth-order valence-corrected chi connectivity index (χ4v) is 4.31. The van der Waals surface area contributed by atoms with E-state index in [1.165, 1.54) is 25.7 Å². The highest BCUT2D eigenvalue weighted by Crippen LogP contribution is 2.22. The van der Waals surface area contributed by atoms with Crippen LogP contribution in [-0.4, -0.2) is 49.7 Å². The largest absolute Gasteiger partial charge is 0.325 e. The average Bonchev–Trinajstić information content (AvgIpc) is 3.07. The molecule has 1 aromatic heterocycles. The summed E-state index contributed by atoms with van der Waals surface area (Å²) < 4.78 is 27.3. The topological polar surface area (TPSA) is 104 Å². The number of aromatic nitrogens is 2. The third-order valence-electron chi connectivity index (χ3n) is 4.13. The molecule has 2 rings (SSSR count). The van der Waals surface area contributed by atoms with Gasteiger partial charge in [-0.05, 0) is 26.8 Å². The first-order valence-electron chi connectivity index (χ1n) is 7.39. The Bertz CT molecular complexity index is 563. The van der Waals surface area contributed by atoms with Gasteiger partial charge in [-0.3, -0.25) is 5.10 Å². The quantitative estimate of drug-likeness (QED) is 0.672. The molecule has 0 amide bonds. The monoisotopic (exact) mass is 315 g/mol. The molecule has 0 aliphatic heterocycles. The normalized spacial score (nSPS) is 17.0. The van der Waals surface area contributed by atoms with Crippen LogP contribution in [0.5, 0.6) is 0 Å². The first-order valence-corrected chi connectivity index (χ1v) is 8.88. The predicted octanol–water partition coefficient (Wildman–Crippen LogP) is 0.330. The number of aromatic amines is 1. The van der Waals surface area contributed by atoms with E-state index in [0.717, 1.165) is 0 Å². The minimum atomic E-state index is -3.56. The minimum absolute atomic E-state index is 0.0998. The molecule has 0 spiro atoms. The van der Waals surface area contributed by atoms with Gasteiger partial charge < -0.3 is 10.6 Å². The van der Waals surface area contributed by atoms with Crippen molar-refractivity contribution in [2.24, 2.45) is 5.73 Å². The van der Waals surface area contributed by atoms with Gasteiger partial charge in [-0.15, -0.1) is 0 Å². The summed E-state index contributed by atoms with van der Waals surface area (Å²) in [7, 11) is -1.51. The Kier molecular flexibility index (Phi) is 5.37. The van der Waals surface area contributed by atoms with E-state index in [0.29, 0.717) is 30.5 Å². The van der Waals surface area contributed by atoms with Crippen molar-refractivity contribution in [3.8, 4) is 0 Å². The standard InChI is InChI=1S/C13H25N5O2S/c1-10-13(12(9-14)17-16-10)21(19,20)15-7-8-18(2)11-5-3-4-6-11/h11,15H,3-9,14H2,1-2H3,(H,16,17). The second-order valence-electron chi connectivity index (χ2n) is 5.65. The van der Waals surface area contributed by atoms with E-state index in [4.69, 9.17) is 5.73 Å². The predicted molar refractivity (Wildman–Crippen MR) is 81.3 cm³/mol. The maximum atomic E-state index is 12.4. The molecule has 0 saturated heterocycles. The molecule has 1 saturated carbocycles. The first-order chi connectivity index (χ1) is 9.95. The summed E-state index contributed by atoms with van der Waals surface area (Å²) in [6, 6.07) is 0.588. The molecule has 1 aromatic rings. The van der Waals surface area contributed by atoms with Gasteiger partial charge in [-0.1, -0.05) is 12.8 Å². The van der Waals surface area contributed by atoms with Crippen LogP contribution in [0.1, 0.15) is 37.1 Å². The lowest BCUT2D eigenvalue weighted by atomic mass is 10.2. The van der Waals surface area contributed by atoms with Crippen LogP contribution in [0.25, 0.3) is 0 Å². The SMILES string of the molecule is Cc1[nH]nc(CN)c1S(=O)(=O)NCCN(C)C1CCCC1. The van der Waals surface area contributed by atoms with E-state index in [9.17, 15) is 8.42 Å². The summed E-state index contributed by atoms with van der Waals surface area (Å²) in [5, 5.41) is 6.61. The van der Waals surface area contributed by atoms with Crippen LogP contribution in [0.3, 0.4) is 0 Å². The molecule has 0 atom stereocenters. The van der Waals surface area contributed by atoms with E-state index >= 15 is 0 Å². The minimum Gasteiger partial charge on any atom is -0.325 e. The maximum absolute atomic E-state index is 12.4. The van der Waals surface area contributed by atoms with E-state index in [1.54, 1.807) is 6.92 Å². The fourth-order valence-electron chi connectivity index (χ4n) is 2.92. The van der Waals surface area contributed by atoms with E-state index < -0.39 is 10.0 Å². The van der Waals surface area contributed by atoms with Crippen molar-refractivity contribution >= 4 is 10.0 Å². The van der Waals surface area contributed by atoms with E-state index in [2.05, 4.69) is 26.9 Å². The number of aryl methyl sites for hydroxylation is 1. The molecule has 0 bridgehead atoms. The second kappa shape index (κ2) is 6.87. The van der Waals surface area contributed by atoms with Crippen molar-refractivity contribution in [2.75, 3.05) is 20.1 Å². The van der Waals surface area contributed by atoms with Gasteiger partial charge in [0.05, 0.1) is 11.4 Å². The zero-order chi connectivity index (χ0) is 15.5. The highest BCUT2D eigenvalue weighted by atomic mass is 32.2. The maximum Gasteiger partial charge on any atom is 0.244 e. The van der Waals surface area contributed by atoms with Gasteiger partial charge >= 0.3 is 0 Å². The number of hydrogen-bond acceptors (Lipinski definition) is 5. The molecule has 7 nitrogen and oxygen atoms in total. The Morgan fingerprint density at radius 3 is 2.71 bits per heavy atom. The van der Waals surface area contributed by atoms with Gasteiger partial charge in [-0.25, -0.2) is 13.1 Å². The third-order valence-corrected chi connectivity index (χ3v) is 5.79. The number of likely N-dealkylation sites (N-methyl/N-ethyl adjacent to an activating group) is 1. The smallest absolute Gasteiger partial charge is 0.244 e. The highest BCUT2D eigenvalue weighted by molar-refractivity contribution is 7.89. The first kappa shape index (κ1) is 16.4. The van der Waals surface area contributed by atoms with Crippen molar-refractivity contribution in [1.82, 2.24) is 19.8 Å². The Morgan fingerprint density at radius 1 is 1.43 bits per heavy atom. The number of nitrogens with one attached hydrogen (secondary N) is 2. The van der Waals surface area contributed by atoms with Gasteiger partial charge in [0, 0.05) is 25.7 Å². The van der Waals surface area contributed by atoms with Crippen LogP contribution in [0.15, 0.2) is 4.90 Å². The molecule has 1 fully saturated rings. The number of H-pyrrole nitrogens is 1. The van der Waals surface area contributed by atoms with E-state index in [-0.39, 0.29) is 11.4 Å². The molecular weight excluding hydrogens is 290 g/mol. The Labute approximate surface area is 126 Å². The Morgan fingerprint density at radius 2 is 2.10 bits per heavy atom. The van der Waals surface area contributed by atoms with Crippen molar-refractivity contribution in [2.45, 2.75) is 50.1 Å². The summed E-state index contributed by atoms with van der Waals surface area (Å²) >= 11 is 0. The lowest BCUT2D eigenvalue weighted by Crippen LogP contribution is -2.37. The van der Waals surface area contributed by atoms with Crippen molar-refractivity contribution in [1.29, 1.82) is 0 Å². The Balaban J connectivity index is 1.93. The lowest BCUT2D eigenvalue weighted by Gasteiger charge is -2.23. The second-order valence-corrected chi connectivity index (χ2v) is 7.35. The molecule has 0 radical (unpaired) electrons. The summed E-state index contributed by atoms with van der Waals surface area (Å²) in [6.45, 7) is 2.89. The van der Waals surface area contributed by atoms with Gasteiger partial charge in [0.25, 0.3) is 0 Å². The number of nitrogens with two attached hydrogens (primary N) is 1. The molecule has 1 aliphatic carbocycles. The number of sulfonamides is 1. The molecule has 21 heavy (non-hydrogen) atoms. The molecule has 1 heterocycles. The van der Waals surface area contributed by atoms with Crippen LogP contribution in [0.2, 0.25) is 0 Å². The number of nitrogens with zero attached hydrogens (tertiary/aromatic N) is 2. The lowest BCUT2D eigenvalue weighted by molar-refractivity contribution is 0.250. The van der Waals surface area contributed by atoms with Gasteiger partial charge in [-0.2, -0.15) is 5.10 Å². The number of rotatable bonds is 7. The summed E-state index contributed by atoms with van der Waals surface area (Å²) in [4.78, 5) is 2.43. The average molecular weight is 315 g/mol. The zero-order valence-electron chi connectivity index (χ0n) is 12.7. The molecule has 4 N–H and O–H groups in total. The van der Waals surface area contributed by atoms with E-state index in [1.807, 2.05) is 0 Å². The summed E-state index contributed by atoms with van der Waals surface area (Å²) in [5.41, 5.74) is 6.44. The zero-order valence-corrected chi connectivity index (χ0v) is 13.5. The van der Waals surface area contributed by atoms with Crippen LogP contribution >= 0.6 is 0 Å². The van der Waals surface area contributed by atoms with Gasteiger partial charge in [0.15, 0.2) is 0 Å². The van der Waals surface area contributed by atoms with Gasteiger partial charge in [0.1, 0.15) is 4.90 Å². The van der Waals surface area contributed by atoms with Crippen molar-refractivity contribution in [3.63, 3.8) is 0 Å². The van der Waals surface area contributed by atoms with Gasteiger partial charge in [0.2, 0.25) is 10.0 Å². The molecule has 0 unspecified atom stereocenters. The molecule has 120 valence electrons. The highest BCUT2D eigenvalue weighted by Gasteiger charge is 2.24. The molecule has 1 aliphatic rings. The summed E-state index contributed by atoms with van der Waals surface area (Å²) in [6.07, 6.45) is 4.96. The molecular formula is C13H25N5O2S. The third kappa shape index (κ3) is 3.82. The molecule has 8 heteroatoms. The molecule has 0 aromatic carbocycles. The van der Waals surface area contributed by atoms with Crippen LogP contribution in [0.4, 0.5) is 0 Å².